The summed E-state index contributed by atoms with van der Waals surface area (Å²) in [5, 5.41) is 15.6. The Morgan fingerprint density at radius 1 is 0.825 bits per heavy atom. The average molecular weight is 774 g/mol. The number of aliphatic hydroxyl groups is 1. The van der Waals surface area contributed by atoms with Crippen LogP contribution < -0.4 is 16.3 Å². The number of nitrogens with zero attached hydrogens (tertiary/aromatic N) is 2. The summed E-state index contributed by atoms with van der Waals surface area (Å²) >= 11 is 0. The first-order valence-corrected chi connectivity index (χ1v) is 20.4. The Balaban J connectivity index is 1.02. The van der Waals surface area contributed by atoms with Gasteiger partial charge in [0.25, 0.3) is 0 Å². The Kier molecular flexibility index (Phi) is 13.3. The van der Waals surface area contributed by atoms with Crippen molar-refractivity contribution in [3.05, 3.63) is 130 Å². The molecule has 4 N–H and O–H groups in total. The number of hydrogen-bond acceptors (Lipinski definition) is 7. The van der Waals surface area contributed by atoms with Gasteiger partial charge in [0, 0.05) is 63.6 Å². The van der Waals surface area contributed by atoms with E-state index in [0.717, 1.165) is 96.2 Å². The summed E-state index contributed by atoms with van der Waals surface area (Å²) in [6.45, 7) is 7.23. The molecule has 0 bridgehead atoms. The number of hydrogen-bond donors (Lipinski definition) is 4. The van der Waals surface area contributed by atoms with Crippen molar-refractivity contribution in [3.8, 4) is 11.1 Å². The smallest absolute Gasteiger partial charge is 0.326 e. The molecule has 2 aliphatic heterocycles. The number of aromatic nitrogens is 2. The highest BCUT2D eigenvalue weighted by Gasteiger charge is 2.40. The van der Waals surface area contributed by atoms with Crippen molar-refractivity contribution < 1.29 is 24.2 Å². The number of benzene rings is 4. The van der Waals surface area contributed by atoms with Gasteiger partial charge in [-0.2, -0.15) is 0 Å². The number of nitrogens with one attached hydrogen (secondary N) is 3. The van der Waals surface area contributed by atoms with Gasteiger partial charge in [-0.15, -0.1) is 0 Å². The van der Waals surface area contributed by atoms with Crippen LogP contribution in [0.1, 0.15) is 93.1 Å². The molecule has 0 aliphatic carbocycles. The zero-order valence-electron chi connectivity index (χ0n) is 33.0. The molecule has 11 heteroatoms. The molecule has 1 aromatic heterocycles. The maximum Gasteiger partial charge on any atom is 0.326 e. The number of para-hydroxylation sites is 2. The Hall–Kier alpha value is -5.07. The van der Waals surface area contributed by atoms with Crippen LogP contribution in [0.5, 0.6) is 0 Å². The third-order valence-corrected chi connectivity index (χ3v) is 11.5. The topological polar surface area (TPSA) is 138 Å². The quantitative estimate of drug-likeness (QED) is 0.0848. The molecular weight excluding hydrogens is 719 g/mol. The van der Waals surface area contributed by atoms with E-state index in [1.54, 1.807) is 0 Å². The zero-order valence-corrected chi connectivity index (χ0v) is 33.0. The molecule has 57 heavy (non-hydrogen) atoms. The van der Waals surface area contributed by atoms with E-state index in [9.17, 15) is 19.5 Å². The van der Waals surface area contributed by atoms with E-state index in [2.05, 4.69) is 57.8 Å². The summed E-state index contributed by atoms with van der Waals surface area (Å²) in [4.78, 5) is 42.0. The number of fused-ring (bicyclic) bond motifs is 1. The number of H-pyrrole nitrogens is 1. The van der Waals surface area contributed by atoms with Gasteiger partial charge >= 0.3 is 5.69 Å². The van der Waals surface area contributed by atoms with E-state index in [-0.39, 0.29) is 48.3 Å². The van der Waals surface area contributed by atoms with Crippen molar-refractivity contribution in [2.24, 2.45) is 5.92 Å². The molecule has 11 nitrogen and oxygen atoms in total. The van der Waals surface area contributed by atoms with Gasteiger partial charge in [-0.05, 0) is 77.8 Å². The van der Waals surface area contributed by atoms with Gasteiger partial charge in [0.15, 0.2) is 6.29 Å². The van der Waals surface area contributed by atoms with Crippen LogP contribution in [-0.4, -0.2) is 63.7 Å². The number of carbonyl (C=O) groups excluding carboxylic acids is 2. The van der Waals surface area contributed by atoms with Crippen molar-refractivity contribution in [3.63, 3.8) is 0 Å². The van der Waals surface area contributed by atoms with Gasteiger partial charge in [-0.3, -0.25) is 14.2 Å². The molecule has 4 atom stereocenters. The van der Waals surface area contributed by atoms with Crippen molar-refractivity contribution in [2.45, 2.75) is 90.1 Å². The number of aliphatic hydroxyl groups excluding tert-OH is 1. The number of amides is 2. The fourth-order valence-corrected chi connectivity index (χ4v) is 8.25. The Morgan fingerprint density at radius 3 is 2.35 bits per heavy atom. The first kappa shape index (κ1) is 40.1. The van der Waals surface area contributed by atoms with Crippen LogP contribution in [0, 0.1) is 5.92 Å². The highest BCUT2D eigenvalue weighted by molar-refractivity contribution is 5.76. The van der Waals surface area contributed by atoms with E-state index in [4.69, 9.17) is 9.47 Å². The predicted octanol–water partition coefficient (Wildman–Crippen LogP) is 6.93. The molecular formula is C46H55N5O6. The fourth-order valence-electron chi connectivity index (χ4n) is 8.25. The zero-order chi connectivity index (χ0) is 39.7. The lowest BCUT2D eigenvalue weighted by Crippen LogP contribution is -2.47. The molecule has 0 saturated carbocycles. The average Bonchev–Trinajstić information content (AvgIpc) is 3.58. The lowest BCUT2D eigenvalue weighted by Gasteiger charge is -2.44. The van der Waals surface area contributed by atoms with Crippen LogP contribution in [0.2, 0.25) is 0 Å². The number of unbranched alkanes of at least 4 members (excludes halogenated alkanes) is 2. The van der Waals surface area contributed by atoms with Crippen LogP contribution in [0.3, 0.4) is 0 Å². The van der Waals surface area contributed by atoms with Crippen LogP contribution in [0.25, 0.3) is 22.2 Å². The van der Waals surface area contributed by atoms with Crippen LogP contribution >= 0.6 is 0 Å². The minimum atomic E-state index is -0.600. The Bertz CT molecular complexity index is 2170. The lowest BCUT2D eigenvalue weighted by atomic mass is 9.89. The molecule has 3 heterocycles. The first-order chi connectivity index (χ1) is 27.7. The SMILES string of the molecule is CC(=O)NCCCCCC(=O)NCc1cccc(-c2cccc([C@@H]3O[C@H](CN4CCC(n5c(=O)[nH]c6ccccc65)CC4)[C@H](C)[C@H](c4ccc(CO)cc4)O3)c2)c1. The standard InChI is InChI=1S/C46H55N5O6/c1-31-42(29-50-24-21-39(22-25-50)51-41-15-6-5-14-40(41)49-46(51)55)56-45(57-44(31)35-19-17-33(30-52)18-20-35)38-13-9-12-37(27-38)36-11-8-10-34(26-36)28-48-43(54)16-4-3-7-23-47-32(2)53/h5-6,8-15,17-20,26-27,31,39,42,44-45,52H,3-4,7,16,21-25,28-30H2,1-2H3,(H,47,53)(H,48,54)(H,49,55)/t31-,42+,44+,45+/m0/s1. The molecule has 5 aromatic rings. The lowest BCUT2D eigenvalue weighted by molar-refractivity contribution is -0.276. The molecule has 2 aliphatic rings. The van der Waals surface area contributed by atoms with Crippen LogP contribution in [0.4, 0.5) is 0 Å². The minimum absolute atomic E-state index is 0.0150. The van der Waals surface area contributed by atoms with E-state index >= 15 is 0 Å². The normalized spacial score (nSPS) is 20.4. The number of aromatic amines is 1. The van der Waals surface area contributed by atoms with Crippen molar-refractivity contribution in [2.75, 3.05) is 26.2 Å². The van der Waals surface area contributed by atoms with Crippen molar-refractivity contribution in [1.29, 1.82) is 0 Å². The van der Waals surface area contributed by atoms with Gasteiger partial charge < -0.3 is 35.1 Å². The fraction of sp³-hybridized carbons (Fsp3) is 0.413. The van der Waals surface area contributed by atoms with E-state index < -0.39 is 6.29 Å². The number of carbonyl (C=O) groups is 2. The Morgan fingerprint density at radius 2 is 1.58 bits per heavy atom. The van der Waals surface area contributed by atoms with Gasteiger partial charge in [-0.1, -0.05) is 86.1 Å². The summed E-state index contributed by atoms with van der Waals surface area (Å²) in [5.41, 5.74) is 7.69. The summed E-state index contributed by atoms with van der Waals surface area (Å²) in [6.07, 6.45) is 3.80. The number of ether oxygens (including phenoxy) is 2. The second-order valence-electron chi connectivity index (χ2n) is 15.6. The molecule has 0 radical (unpaired) electrons. The first-order valence-electron chi connectivity index (χ1n) is 20.4. The number of rotatable bonds is 15. The largest absolute Gasteiger partial charge is 0.392 e. The molecule has 2 saturated heterocycles. The summed E-state index contributed by atoms with van der Waals surface area (Å²) < 4.78 is 15.6. The second-order valence-corrected chi connectivity index (χ2v) is 15.6. The molecule has 7 rings (SSSR count). The van der Waals surface area contributed by atoms with E-state index in [1.807, 2.05) is 71.3 Å². The third kappa shape index (κ3) is 10.1. The van der Waals surface area contributed by atoms with Crippen LogP contribution in [-0.2, 0) is 32.2 Å². The van der Waals surface area contributed by atoms with Gasteiger partial charge in [-0.25, -0.2) is 4.79 Å². The third-order valence-electron chi connectivity index (χ3n) is 11.5. The number of imidazole rings is 1. The van der Waals surface area contributed by atoms with Crippen molar-refractivity contribution in [1.82, 2.24) is 25.1 Å². The molecule has 2 amide bonds. The van der Waals surface area contributed by atoms with Gasteiger partial charge in [0.2, 0.25) is 11.8 Å². The van der Waals surface area contributed by atoms with Crippen LogP contribution in [0.15, 0.2) is 102 Å². The monoisotopic (exact) mass is 773 g/mol. The Labute approximate surface area is 334 Å². The van der Waals surface area contributed by atoms with E-state index in [0.29, 0.717) is 19.5 Å². The van der Waals surface area contributed by atoms with Gasteiger partial charge in [0.1, 0.15) is 0 Å². The summed E-state index contributed by atoms with van der Waals surface area (Å²) in [5.74, 6) is 0.0406. The maximum atomic E-state index is 12.9. The number of likely N-dealkylation sites (tertiary alicyclic amines) is 1. The maximum absolute atomic E-state index is 12.9. The molecule has 0 spiro atoms. The minimum Gasteiger partial charge on any atom is -0.392 e. The summed E-state index contributed by atoms with van der Waals surface area (Å²) in [7, 11) is 0. The highest BCUT2D eigenvalue weighted by atomic mass is 16.7. The molecule has 0 unspecified atom stereocenters. The van der Waals surface area contributed by atoms with Gasteiger partial charge in [0.05, 0.1) is 29.8 Å². The molecule has 4 aromatic carbocycles. The summed E-state index contributed by atoms with van der Waals surface area (Å²) in [6, 6.07) is 32.6. The van der Waals surface area contributed by atoms with Crippen molar-refractivity contribution >= 4 is 22.8 Å². The van der Waals surface area contributed by atoms with E-state index in [1.165, 1.54) is 6.92 Å². The predicted molar refractivity (Wildman–Crippen MR) is 221 cm³/mol. The molecule has 2 fully saturated rings. The number of piperidine rings is 1. The highest BCUT2D eigenvalue weighted by Crippen LogP contribution is 2.43. The second kappa shape index (κ2) is 18.9. The molecule has 300 valence electrons.